The van der Waals surface area contributed by atoms with Crippen LogP contribution in [0.2, 0.25) is 0 Å². The van der Waals surface area contributed by atoms with Crippen LogP contribution in [0.1, 0.15) is 19.8 Å². The SMILES string of the molecule is CC1CCCN(S(=O)(=O)c2cc(N)ccc2F)C1. The fraction of sp³-hybridized carbons (Fsp3) is 0.500. The molecule has 1 aromatic rings. The third-order valence-corrected chi connectivity index (χ3v) is 5.07. The van der Waals surface area contributed by atoms with E-state index in [1.165, 1.54) is 16.4 Å². The van der Waals surface area contributed by atoms with Crippen molar-refractivity contribution in [2.24, 2.45) is 5.92 Å². The van der Waals surface area contributed by atoms with E-state index in [4.69, 9.17) is 5.73 Å². The Balaban J connectivity index is 2.38. The standard InChI is InChI=1S/C12H17FN2O2S/c1-9-3-2-6-15(8-9)18(16,17)12-7-10(14)4-5-11(12)13/h4-5,7,9H,2-3,6,8,14H2,1H3. The molecule has 2 rings (SSSR count). The number of anilines is 1. The summed E-state index contributed by atoms with van der Waals surface area (Å²) in [5, 5.41) is 0. The molecule has 1 atom stereocenters. The van der Waals surface area contributed by atoms with Crippen LogP contribution in [0.25, 0.3) is 0 Å². The number of halogens is 1. The van der Waals surface area contributed by atoms with Crippen LogP contribution in [0.5, 0.6) is 0 Å². The van der Waals surface area contributed by atoms with E-state index in [1.54, 1.807) is 0 Å². The van der Waals surface area contributed by atoms with E-state index < -0.39 is 15.8 Å². The molecule has 0 saturated carbocycles. The predicted molar refractivity (Wildman–Crippen MR) is 68.0 cm³/mol. The van der Waals surface area contributed by atoms with E-state index in [1.807, 2.05) is 6.92 Å². The maximum Gasteiger partial charge on any atom is 0.246 e. The molecule has 1 aliphatic rings. The summed E-state index contributed by atoms with van der Waals surface area (Å²) in [7, 11) is -3.77. The number of hydrogen-bond donors (Lipinski definition) is 1. The van der Waals surface area contributed by atoms with Crippen molar-refractivity contribution in [2.75, 3.05) is 18.8 Å². The molecular weight excluding hydrogens is 255 g/mol. The third kappa shape index (κ3) is 2.49. The molecule has 1 aromatic carbocycles. The van der Waals surface area contributed by atoms with Gasteiger partial charge in [0.15, 0.2) is 0 Å². The van der Waals surface area contributed by atoms with Crippen LogP contribution in [-0.2, 0) is 10.0 Å². The van der Waals surface area contributed by atoms with Crippen LogP contribution in [-0.4, -0.2) is 25.8 Å². The van der Waals surface area contributed by atoms with E-state index in [0.717, 1.165) is 18.9 Å². The number of nitrogens with zero attached hydrogens (tertiary/aromatic N) is 1. The summed E-state index contributed by atoms with van der Waals surface area (Å²) in [5.74, 6) is -0.444. The normalized spacial score (nSPS) is 22.0. The van der Waals surface area contributed by atoms with Crippen LogP contribution in [0.4, 0.5) is 10.1 Å². The maximum absolute atomic E-state index is 13.7. The molecule has 1 saturated heterocycles. The van der Waals surface area contributed by atoms with Gasteiger partial charge in [0.1, 0.15) is 10.7 Å². The molecule has 1 heterocycles. The van der Waals surface area contributed by atoms with Gasteiger partial charge in [-0.3, -0.25) is 0 Å². The summed E-state index contributed by atoms with van der Waals surface area (Å²) in [5.41, 5.74) is 5.78. The Bertz CT molecular complexity index is 545. The topological polar surface area (TPSA) is 63.4 Å². The summed E-state index contributed by atoms with van der Waals surface area (Å²) in [6, 6.07) is 3.63. The minimum Gasteiger partial charge on any atom is -0.399 e. The first-order valence-corrected chi connectivity index (χ1v) is 7.40. The van der Waals surface area contributed by atoms with Crippen molar-refractivity contribution in [1.82, 2.24) is 4.31 Å². The van der Waals surface area contributed by atoms with Crippen molar-refractivity contribution >= 4 is 15.7 Å². The molecule has 1 unspecified atom stereocenters. The van der Waals surface area contributed by atoms with Crippen LogP contribution in [0, 0.1) is 11.7 Å². The zero-order valence-corrected chi connectivity index (χ0v) is 11.1. The van der Waals surface area contributed by atoms with Crippen molar-refractivity contribution in [3.8, 4) is 0 Å². The minimum atomic E-state index is -3.77. The largest absolute Gasteiger partial charge is 0.399 e. The van der Waals surface area contributed by atoms with Crippen LogP contribution in [0.15, 0.2) is 23.1 Å². The van der Waals surface area contributed by atoms with Gasteiger partial charge < -0.3 is 5.73 Å². The fourth-order valence-electron chi connectivity index (χ4n) is 2.22. The second-order valence-corrected chi connectivity index (χ2v) is 6.71. The lowest BCUT2D eigenvalue weighted by Crippen LogP contribution is -2.39. The number of sulfonamides is 1. The molecule has 0 spiro atoms. The molecule has 0 aliphatic carbocycles. The minimum absolute atomic E-state index is 0.250. The second kappa shape index (κ2) is 4.85. The molecule has 18 heavy (non-hydrogen) atoms. The van der Waals surface area contributed by atoms with Crippen molar-refractivity contribution in [1.29, 1.82) is 0 Å². The number of piperidine rings is 1. The average Bonchev–Trinajstić information content (AvgIpc) is 2.32. The Morgan fingerprint density at radius 3 is 2.83 bits per heavy atom. The number of benzene rings is 1. The zero-order valence-electron chi connectivity index (χ0n) is 10.3. The summed E-state index contributed by atoms with van der Waals surface area (Å²) in [6.45, 7) is 2.88. The molecule has 0 amide bonds. The van der Waals surface area contributed by atoms with Gasteiger partial charge in [-0.15, -0.1) is 0 Å². The molecule has 0 aromatic heterocycles. The molecule has 1 aliphatic heterocycles. The fourth-order valence-corrected chi connectivity index (χ4v) is 3.92. The molecule has 0 radical (unpaired) electrons. The number of rotatable bonds is 2. The van der Waals surface area contributed by atoms with E-state index in [0.29, 0.717) is 19.0 Å². The van der Waals surface area contributed by atoms with Crippen LogP contribution >= 0.6 is 0 Å². The number of nitrogens with two attached hydrogens (primary N) is 1. The molecule has 2 N–H and O–H groups in total. The van der Waals surface area contributed by atoms with E-state index in [2.05, 4.69) is 0 Å². The van der Waals surface area contributed by atoms with Crippen molar-refractivity contribution in [2.45, 2.75) is 24.7 Å². The van der Waals surface area contributed by atoms with E-state index in [9.17, 15) is 12.8 Å². The van der Waals surface area contributed by atoms with Gasteiger partial charge in [0.25, 0.3) is 0 Å². The quantitative estimate of drug-likeness (QED) is 0.835. The first-order chi connectivity index (χ1) is 8.41. The monoisotopic (exact) mass is 272 g/mol. The highest BCUT2D eigenvalue weighted by atomic mass is 32.2. The molecule has 4 nitrogen and oxygen atoms in total. The Hall–Kier alpha value is -1.14. The van der Waals surface area contributed by atoms with Crippen LogP contribution < -0.4 is 5.73 Å². The van der Waals surface area contributed by atoms with Crippen molar-refractivity contribution < 1.29 is 12.8 Å². The lowest BCUT2D eigenvalue weighted by molar-refractivity contribution is 0.280. The molecule has 0 bridgehead atoms. The van der Waals surface area contributed by atoms with E-state index in [-0.39, 0.29) is 10.6 Å². The van der Waals surface area contributed by atoms with Crippen molar-refractivity contribution in [3.05, 3.63) is 24.0 Å². The van der Waals surface area contributed by atoms with E-state index >= 15 is 0 Å². The smallest absolute Gasteiger partial charge is 0.246 e. The Labute approximate surface area is 107 Å². The highest BCUT2D eigenvalue weighted by Crippen LogP contribution is 2.26. The zero-order chi connectivity index (χ0) is 13.3. The van der Waals surface area contributed by atoms with Gasteiger partial charge in [0, 0.05) is 18.8 Å². The molecule has 100 valence electrons. The molecular formula is C12H17FN2O2S. The highest BCUT2D eigenvalue weighted by molar-refractivity contribution is 7.89. The first kappa shape index (κ1) is 13.3. The van der Waals surface area contributed by atoms with Gasteiger partial charge >= 0.3 is 0 Å². The Morgan fingerprint density at radius 2 is 2.17 bits per heavy atom. The first-order valence-electron chi connectivity index (χ1n) is 5.96. The van der Waals surface area contributed by atoms with Gasteiger partial charge in [0.2, 0.25) is 10.0 Å². The van der Waals surface area contributed by atoms with Gasteiger partial charge in [0.05, 0.1) is 0 Å². The lowest BCUT2D eigenvalue weighted by Gasteiger charge is -2.30. The summed E-state index contributed by atoms with van der Waals surface area (Å²) >= 11 is 0. The van der Waals surface area contributed by atoms with Gasteiger partial charge in [-0.05, 0) is 37.0 Å². The molecule has 6 heteroatoms. The maximum atomic E-state index is 13.7. The summed E-state index contributed by atoms with van der Waals surface area (Å²) < 4.78 is 39.7. The van der Waals surface area contributed by atoms with Gasteiger partial charge in [-0.1, -0.05) is 6.92 Å². The third-order valence-electron chi connectivity index (χ3n) is 3.19. The Morgan fingerprint density at radius 1 is 1.44 bits per heavy atom. The highest BCUT2D eigenvalue weighted by Gasteiger charge is 2.30. The average molecular weight is 272 g/mol. The number of hydrogen-bond acceptors (Lipinski definition) is 3. The summed E-state index contributed by atoms with van der Waals surface area (Å²) in [6.07, 6.45) is 1.82. The second-order valence-electron chi connectivity index (χ2n) is 4.80. The van der Waals surface area contributed by atoms with Crippen molar-refractivity contribution in [3.63, 3.8) is 0 Å². The summed E-state index contributed by atoms with van der Waals surface area (Å²) in [4.78, 5) is -0.323. The van der Waals surface area contributed by atoms with Gasteiger partial charge in [-0.2, -0.15) is 4.31 Å². The molecule has 1 fully saturated rings. The lowest BCUT2D eigenvalue weighted by atomic mass is 10.0. The van der Waals surface area contributed by atoms with Gasteiger partial charge in [-0.25, -0.2) is 12.8 Å². The Kier molecular flexibility index (Phi) is 3.59. The number of nitrogen functional groups attached to an aromatic ring is 1. The predicted octanol–water partition coefficient (Wildman–Crippen LogP) is 1.83. The van der Waals surface area contributed by atoms with Crippen LogP contribution in [0.3, 0.4) is 0 Å².